The monoisotopic (exact) mass is 297 g/mol. The lowest BCUT2D eigenvalue weighted by molar-refractivity contribution is -0.143. The molecule has 8 nitrogen and oxygen atoms in total. The number of carbonyl (C=O) groups excluding carboxylic acids is 1. The Hall–Kier alpha value is -2.38. The van der Waals surface area contributed by atoms with E-state index in [1.165, 1.54) is 16.8 Å². The first-order chi connectivity index (χ1) is 9.85. The second kappa shape index (κ2) is 7.41. The number of carboxylic acids is 1. The van der Waals surface area contributed by atoms with E-state index in [2.05, 4.69) is 10.3 Å². The zero-order chi connectivity index (χ0) is 16.0. The second-order valence-corrected chi connectivity index (χ2v) is 4.82. The molecule has 21 heavy (non-hydrogen) atoms. The Labute approximate surface area is 120 Å². The van der Waals surface area contributed by atoms with Crippen LogP contribution in [0.5, 0.6) is 0 Å². The minimum Gasteiger partial charge on any atom is -0.480 e. The average Bonchev–Trinajstić information content (AvgIpc) is 2.42. The zero-order valence-corrected chi connectivity index (χ0v) is 12.0. The quantitative estimate of drug-likeness (QED) is 0.629. The summed E-state index contributed by atoms with van der Waals surface area (Å²) in [6.07, 6.45) is 1.86. The van der Waals surface area contributed by atoms with Gasteiger partial charge < -0.3 is 15.0 Å². The summed E-state index contributed by atoms with van der Waals surface area (Å²) < 4.78 is 1.18. The van der Waals surface area contributed by atoms with E-state index in [9.17, 15) is 19.2 Å². The number of nitrogens with one attached hydrogen (secondary N) is 2. The number of carboxylic acid groups (broad SMARTS) is 1. The first kappa shape index (κ1) is 16.7. The van der Waals surface area contributed by atoms with Crippen LogP contribution < -0.4 is 16.6 Å². The van der Waals surface area contributed by atoms with Crippen LogP contribution in [0.4, 0.5) is 0 Å². The van der Waals surface area contributed by atoms with E-state index in [0.29, 0.717) is 6.42 Å². The summed E-state index contributed by atoms with van der Waals surface area (Å²) in [5.41, 5.74) is -1.12. The summed E-state index contributed by atoms with van der Waals surface area (Å²) in [6.45, 7) is 3.65. The summed E-state index contributed by atoms with van der Waals surface area (Å²) in [6, 6.07) is 0.230. The van der Waals surface area contributed by atoms with Crippen molar-refractivity contribution in [2.75, 3.05) is 0 Å². The van der Waals surface area contributed by atoms with E-state index in [0.717, 1.165) is 0 Å². The van der Waals surface area contributed by atoms with Crippen LogP contribution in [-0.2, 0) is 16.1 Å². The van der Waals surface area contributed by atoms with Crippen molar-refractivity contribution in [1.29, 1.82) is 0 Å². The molecule has 1 aromatic heterocycles. The van der Waals surface area contributed by atoms with Gasteiger partial charge in [-0.3, -0.25) is 14.6 Å². The SMILES string of the molecule is CCC(C)C(NC(=O)CCn1ccc(=O)[nH]c1=O)C(=O)O. The first-order valence-corrected chi connectivity index (χ1v) is 6.67. The number of nitrogens with zero attached hydrogens (tertiary/aromatic N) is 1. The topological polar surface area (TPSA) is 121 Å². The molecule has 0 radical (unpaired) electrons. The number of H-pyrrole nitrogens is 1. The summed E-state index contributed by atoms with van der Waals surface area (Å²) in [7, 11) is 0. The minimum absolute atomic E-state index is 0.0494. The van der Waals surface area contributed by atoms with Crippen molar-refractivity contribution in [2.45, 2.75) is 39.3 Å². The van der Waals surface area contributed by atoms with Gasteiger partial charge in [0.05, 0.1) is 0 Å². The smallest absolute Gasteiger partial charge is 0.328 e. The summed E-state index contributed by atoms with van der Waals surface area (Å²) in [5.74, 6) is -1.73. The minimum atomic E-state index is -1.08. The Balaban J connectivity index is 2.63. The summed E-state index contributed by atoms with van der Waals surface area (Å²) in [4.78, 5) is 47.2. The second-order valence-electron chi connectivity index (χ2n) is 4.82. The number of aromatic amines is 1. The summed E-state index contributed by atoms with van der Waals surface area (Å²) >= 11 is 0. The largest absolute Gasteiger partial charge is 0.480 e. The van der Waals surface area contributed by atoms with Gasteiger partial charge in [-0.25, -0.2) is 9.59 Å². The predicted octanol–water partition coefficient (Wildman–Crippen LogP) is -0.458. The molecule has 1 rings (SSSR count). The van der Waals surface area contributed by atoms with Crippen LogP contribution in [0, 0.1) is 5.92 Å². The molecular weight excluding hydrogens is 278 g/mol. The van der Waals surface area contributed by atoms with Crippen LogP contribution in [0.3, 0.4) is 0 Å². The van der Waals surface area contributed by atoms with E-state index in [1.54, 1.807) is 6.92 Å². The van der Waals surface area contributed by atoms with Gasteiger partial charge in [0.2, 0.25) is 5.91 Å². The number of carbonyl (C=O) groups is 2. The van der Waals surface area contributed by atoms with Crippen LogP contribution in [0.1, 0.15) is 26.7 Å². The fourth-order valence-electron chi connectivity index (χ4n) is 1.77. The van der Waals surface area contributed by atoms with Gasteiger partial charge in [-0.2, -0.15) is 0 Å². The van der Waals surface area contributed by atoms with Gasteiger partial charge >= 0.3 is 11.7 Å². The maximum Gasteiger partial charge on any atom is 0.328 e. The molecule has 0 aliphatic heterocycles. The molecule has 0 bridgehead atoms. The van der Waals surface area contributed by atoms with Crippen molar-refractivity contribution in [3.63, 3.8) is 0 Å². The highest BCUT2D eigenvalue weighted by molar-refractivity contribution is 5.83. The van der Waals surface area contributed by atoms with Gasteiger partial charge in [0, 0.05) is 25.2 Å². The molecule has 1 amide bonds. The van der Waals surface area contributed by atoms with Crippen molar-refractivity contribution in [1.82, 2.24) is 14.9 Å². The highest BCUT2D eigenvalue weighted by Gasteiger charge is 2.24. The number of amides is 1. The number of aliphatic carboxylic acids is 1. The molecule has 0 saturated carbocycles. The number of hydrogen-bond acceptors (Lipinski definition) is 4. The average molecular weight is 297 g/mol. The molecular formula is C13H19N3O5. The molecule has 3 N–H and O–H groups in total. The van der Waals surface area contributed by atoms with Crippen LogP contribution in [-0.4, -0.2) is 32.6 Å². The molecule has 8 heteroatoms. The molecule has 116 valence electrons. The van der Waals surface area contributed by atoms with Crippen molar-refractivity contribution in [3.8, 4) is 0 Å². The van der Waals surface area contributed by atoms with E-state index in [4.69, 9.17) is 5.11 Å². The summed E-state index contributed by atoms with van der Waals surface area (Å²) in [5, 5.41) is 11.5. The third-order valence-electron chi connectivity index (χ3n) is 3.27. The van der Waals surface area contributed by atoms with E-state index in [-0.39, 0.29) is 18.9 Å². The van der Waals surface area contributed by atoms with Crippen LogP contribution in [0.15, 0.2) is 21.9 Å². The molecule has 0 saturated heterocycles. The Morgan fingerprint density at radius 1 is 1.43 bits per heavy atom. The lowest BCUT2D eigenvalue weighted by Crippen LogP contribution is -2.45. The van der Waals surface area contributed by atoms with Gasteiger partial charge in [-0.1, -0.05) is 20.3 Å². The lowest BCUT2D eigenvalue weighted by Gasteiger charge is -2.20. The highest BCUT2D eigenvalue weighted by atomic mass is 16.4. The molecule has 0 aromatic carbocycles. The Bertz CT molecular complexity index is 619. The maximum absolute atomic E-state index is 11.8. The standard InChI is InChI=1S/C13H19N3O5/c1-3-8(2)11(12(19)20)14-9(17)4-6-16-7-5-10(18)15-13(16)21/h5,7-8,11H,3-4,6H2,1-2H3,(H,14,17)(H,19,20)(H,15,18,21). The van der Waals surface area contributed by atoms with Gasteiger partial charge in [-0.15, -0.1) is 0 Å². The van der Waals surface area contributed by atoms with Crippen molar-refractivity contribution in [2.24, 2.45) is 5.92 Å². The van der Waals surface area contributed by atoms with Gasteiger partial charge in [0.1, 0.15) is 6.04 Å². The highest BCUT2D eigenvalue weighted by Crippen LogP contribution is 2.08. The van der Waals surface area contributed by atoms with Gasteiger partial charge in [-0.05, 0) is 5.92 Å². The molecule has 1 heterocycles. The number of hydrogen-bond donors (Lipinski definition) is 3. The van der Waals surface area contributed by atoms with E-state index >= 15 is 0 Å². The van der Waals surface area contributed by atoms with Gasteiger partial charge in [0.25, 0.3) is 5.56 Å². The third kappa shape index (κ3) is 4.90. The maximum atomic E-state index is 11.8. The molecule has 0 aliphatic rings. The van der Waals surface area contributed by atoms with Crippen molar-refractivity contribution in [3.05, 3.63) is 33.1 Å². The van der Waals surface area contributed by atoms with Crippen LogP contribution in [0.2, 0.25) is 0 Å². The number of aromatic nitrogens is 2. The van der Waals surface area contributed by atoms with Gasteiger partial charge in [0.15, 0.2) is 0 Å². The third-order valence-corrected chi connectivity index (χ3v) is 3.27. The predicted molar refractivity (Wildman–Crippen MR) is 75.0 cm³/mol. The Kier molecular flexibility index (Phi) is 5.89. The Morgan fingerprint density at radius 3 is 2.62 bits per heavy atom. The number of rotatable bonds is 7. The van der Waals surface area contributed by atoms with Crippen LogP contribution in [0.25, 0.3) is 0 Å². The lowest BCUT2D eigenvalue weighted by atomic mass is 9.99. The van der Waals surface area contributed by atoms with Crippen molar-refractivity contribution < 1.29 is 14.7 Å². The molecule has 0 aliphatic carbocycles. The fraction of sp³-hybridized carbons (Fsp3) is 0.538. The fourth-order valence-corrected chi connectivity index (χ4v) is 1.77. The molecule has 2 atom stereocenters. The van der Waals surface area contributed by atoms with Crippen LogP contribution >= 0.6 is 0 Å². The first-order valence-electron chi connectivity index (χ1n) is 6.67. The van der Waals surface area contributed by atoms with Crippen molar-refractivity contribution >= 4 is 11.9 Å². The molecule has 0 spiro atoms. The van der Waals surface area contributed by atoms with E-state index < -0.39 is 29.2 Å². The molecule has 0 fully saturated rings. The molecule has 1 aromatic rings. The Morgan fingerprint density at radius 2 is 2.10 bits per heavy atom. The normalized spacial score (nSPS) is 13.4. The van der Waals surface area contributed by atoms with E-state index in [1.807, 2.05) is 6.92 Å². The zero-order valence-electron chi connectivity index (χ0n) is 12.0. The molecule has 2 unspecified atom stereocenters. The number of aryl methyl sites for hydroxylation is 1.